The van der Waals surface area contributed by atoms with Crippen molar-refractivity contribution in [2.75, 3.05) is 18.5 Å². The van der Waals surface area contributed by atoms with Crippen LogP contribution in [-0.2, 0) is 6.61 Å². The van der Waals surface area contributed by atoms with Crippen LogP contribution in [0.5, 0.6) is 11.5 Å². The standard InChI is InChI=1S/C16H21N3O2/c1-3-9-17-16-11-18-13(10-19-16)12-21-15-8-6-5-7-14(15)20-4-2/h5-8,10-11H,3-4,9,12H2,1-2H3,(H,17,19). The first kappa shape index (κ1) is 15.1. The number of ether oxygens (including phenoxy) is 2. The van der Waals surface area contributed by atoms with E-state index in [1.165, 1.54) is 0 Å². The molecule has 112 valence electrons. The fourth-order valence-electron chi connectivity index (χ4n) is 1.77. The maximum absolute atomic E-state index is 5.75. The summed E-state index contributed by atoms with van der Waals surface area (Å²) in [6, 6.07) is 7.62. The van der Waals surface area contributed by atoms with E-state index >= 15 is 0 Å². The average molecular weight is 287 g/mol. The minimum atomic E-state index is 0.366. The Balaban J connectivity index is 1.93. The van der Waals surface area contributed by atoms with Gasteiger partial charge in [0.25, 0.3) is 0 Å². The number of hydrogen-bond acceptors (Lipinski definition) is 5. The Bertz CT molecular complexity index is 543. The third-order valence-electron chi connectivity index (χ3n) is 2.79. The third kappa shape index (κ3) is 4.63. The molecule has 0 amide bonds. The predicted octanol–water partition coefficient (Wildman–Crippen LogP) is 3.28. The van der Waals surface area contributed by atoms with Crippen LogP contribution in [0.4, 0.5) is 5.82 Å². The Kier molecular flexibility index (Phi) is 5.82. The number of anilines is 1. The number of aromatic nitrogens is 2. The van der Waals surface area contributed by atoms with E-state index in [1.807, 2.05) is 31.2 Å². The Morgan fingerprint density at radius 3 is 2.38 bits per heavy atom. The molecule has 5 nitrogen and oxygen atoms in total. The van der Waals surface area contributed by atoms with Gasteiger partial charge in [0.2, 0.25) is 0 Å². The Labute approximate surface area is 125 Å². The highest BCUT2D eigenvalue weighted by molar-refractivity contribution is 5.39. The highest BCUT2D eigenvalue weighted by atomic mass is 16.5. The normalized spacial score (nSPS) is 10.2. The molecule has 0 aliphatic heterocycles. The van der Waals surface area contributed by atoms with Crippen LogP contribution >= 0.6 is 0 Å². The van der Waals surface area contributed by atoms with Crippen molar-refractivity contribution in [3.63, 3.8) is 0 Å². The van der Waals surface area contributed by atoms with Crippen LogP contribution in [0.2, 0.25) is 0 Å². The summed E-state index contributed by atoms with van der Waals surface area (Å²) in [5.41, 5.74) is 0.781. The summed E-state index contributed by atoms with van der Waals surface area (Å²) in [6.07, 6.45) is 4.50. The third-order valence-corrected chi connectivity index (χ3v) is 2.79. The van der Waals surface area contributed by atoms with Gasteiger partial charge in [-0.3, -0.25) is 4.98 Å². The minimum absolute atomic E-state index is 0.366. The summed E-state index contributed by atoms with van der Waals surface area (Å²) in [5.74, 6) is 2.25. The molecule has 0 aliphatic carbocycles. The quantitative estimate of drug-likeness (QED) is 0.807. The van der Waals surface area contributed by atoms with Crippen LogP contribution in [0.3, 0.4) is 0 Å². The summed E-state index contributed by atoms with van der Waals surface area (Å²) in [4.78, 5) is 8.63. The smallest absolute Gasteiger partial charge is 0.161 e. The maximum Gasteiger partial charge on any atom is 0.161 e. The predicted molar refractivity (Wildman–Crippen MR) is 82.8 cm³/mol. The van der Waals surface area contributed by atoms with Crippen LogP contribution in [0.15, 0.2) is 36.7 Å². The van der Waals surface area contributed by atoms with Crippen LogP contribution in [0.25, 0.3) is 0 Å². The van der Waals surface area contributed by atoms with E-state index in [-0.39, 0.29) is 0 Å². The molecule has 1 aromatic heterocycles. The van der Waals surface area contributed by atoms with Crippen LogP contribution in [-0.4, -0.2) is 23.1 Å². The number of nitrogens with zero attached hydrogens (tertiary/aromatic N) is 2. The topological polar surface area (TPSA) is 56.3 Å². The van der Waals surface area contributed by atoms with E-state index in [1.54, 1.807) is 12.4 Å². The molecule has 0 unspecified atom stereocenters. The van der Waals surface area contributed by atoms with Crippen LogP contribution < -0.4 is 14.8 Å². The molecule has 21 heavy (non-hydrogen) atoms. The molecule has 1 N–H and O–H groups in total. The summed E-state index contributed by atoms with van der Waals surface area (Å²) in [7, 11) is 0. The van der Waals surface area contributed by atoms with Gasteiger partial charge in [-0.15, -0.1) is 0 Å². The van der Waals surface area contributed by atoms with Gasteiger partial charge in [-0.25, -0.2) is 4.98 Å². The summed E-state index contributed by atoms with van der Waals surface area (Å²) < 4.78 is 11.3. The number of benzene rings is 1. The lowest BCUT2D eigenvalue weighted by molar-refractivity contribution is 0.266. The minimum Gasteiger partial charge on any atom is -0.490 e. The van der Waals surface area contributed by atoms with Gasteiger partial charge >= 0.3 is 0 Å². The lowest BCUT2D eigenvalue weighted by Gasteiger charge is -2.11. The van der Waals surface area contributed by atoms with Gasteiger partial charge in [-0.05, 0) is 25.5 Å². The van der Waals surface area contributed by atoms with Gasteiger partial charge in [-0.2, -0.15) is 0 Å². The first-order chi connectivity index (χ1) is 10.3. The fourth-order valence-corrected chi connectivity index (χ4v) is 1.77. The van der Waals surface area contributed by atoms with Crippen molar-refractivity contribution in [2.45, 2.75) is 26.9 Å². The summed E-state index contributed by atoms with van der Waals surface area (Å²) in [6.45, 7) is 5.93. The number of rotatable bonds is 8. The zero-order valence-corrected chi connectivity index (χ0v) is 12.5. The second-order valence-electron chi connectivity index (χ2n) is 4.49. The Hall–Kier alpha value is -2.30. The number of hydrogen-bond donors (Lipinski definition) is 1. The molecule has 0 saturated heterocycles. The van der Waals surface area contributed by atoms with E-state index < -0.39 is 0 Å². The molecule has 0 atom stereocenters. The largest absolute Gasteiger partial charge is 0.490 e. The number of nitrogens with one attached hydrogen (secondary N) is 1. The van der Waals surface area contributed by atoms with Gasteiger partial charge in [0.1, 0.15) is 12.4 Å². The zero-order valence-electron chi connectivity index (χ0n) is 12.5. The summed E-state index contributed by atoms with van der Waals surface area (Å²) >= 11 is 0. The second-order valence-corrected chi connectivity index (χ2v) is 4.49. The van der Waals surface area contributed by atoms with Crippen molar-refractivity contribution in [3.05, 3.63) is 42.4 Å². The van der Waals surface area contributed by atoms with Crippen molar-refractivity contribution in [2.24, 2.45) is 0 Å². The maximum atomic E-state index is 5.75. The molecular weight excluding hydrogens is 266 g/mol. The molecule has 2 aromatic rings. The molecular formula is C16H21N3O2. The van der Waals surface area contributed by atoms with Gasteiger partial charge in [0.05, 0.1) is 24.7 Å². The lowest BCUT2D eigenvalue weighted by atomic mass is 10.3. The van der Waals surface area contributed by atoms with Crippen molar-refractivity contribution in [1.29, 1.82) is 0 Å². The fraction of sp³-hybridized carbons (Fsp3) is 0.375. The SMILES string of the molecule is CCCNc1cnc(COc2ccccc2OCC)cn1. The first-order valence-electron chi connectivity index (χ1n) is 7.23. The first-order valence-corrected chi connectivity index (χ1v) is 7.23. The van der Waals surface area contributed by atoms with E-state index in [0.29, 0.717) is 19.0 Å². The zero-order chi connectivity index (χ0) is 14.9. The van der Waals surface area contributed by atoms with Gasteiger partial charge in [0, 0.05) is 6.54 Å². The van der Waals surface area contributed by atoms with E-state index in [0.717, 1.165) is 30.2 Å². The molecule has 1 aromatic carbocycles. The molecule has 0 radical (unpaired) electrons. The van der Waals surface area contributed by atoms with Crippen LogP contribution in [0, 0.1) is 0 Å². The van der Waals surface area contributed by atoms with Crippen LogP contribution in [0.1, 0.15) is 26.0 Å². The lowest BCUT2D eigenvalue weighted by Crippen LogP contribution is -2.05. The summed E-state index contributed by atoms with van der Waals surface area (Å²) in [5, 5.41) is 3.19. The molecule has 2 rings (SSSR count). The van der Waals surface area contributed by atoms with Crippen molar-refractivity contribution in [3.8, 4) is 11.5 Å². The van der Waals surface area contributed by atoms with Crippen molar-refractivity contribution in [1.82, 2.24) is 9.97 Å². The molecule has 5 heteroatoms. The van der Waals surface area contributed by atoms with Crippen molar-refractivity contribution < 1.29 is 9.47 Å². The van der Waals surface area contributed by atoms with E-state index in [4.69, 9.17) is 9.47 Å². The van der Waals surface area contributed by atoms with Gasteiger partial charge in [0.15, 0.2) is 11.5 Å². The molecule has 0 bridgehead atoms. The highest BCUT2D eigenvalue weighted by Crippen LogP contribution is 2.26. The average Bonchev–Trinajstić information content (AvgIpc) is 2.53. The Morgan fingerprint density at radius 2 is 1.76 bits per heavy atom. The van der Waals surface area contributed by atoms with Crippen molar-refractivity contribution >= 4 is 5.82 Å². The molecule has 1 heterocycles. The van der Waals surface area contributed by atoms with E-state index in [9.17, 15) is 0 Å². The molecule has 0 saturated carbocycles. The number of para-hydroxylation sites is 2. The van der Waals surface area contributed by atoms with E-state index in [2.05, 4.69) is 22.2 Å². The van der Waals surface area contributed by atoms with Gasteiger partial charge < -0.3 is 14.8 Å². The molecule has 0 spiro atoms. The molecule has 0 fully saturated rings. The monoisotopic (exact) mass is 287 g/mol. The van der Waals surface area contributed by atoms with Gasteiger partial charge in [-0.1, -0.05) is 19.1 Å². The Morgan fingerprint density at radius 1 is 1.00 bits per heavy atom. The second kappa shape index (κ2) is 8.09. The molecule has 0 aliphatic rings. The highest BCUT2D eigenvalue weighted by Gasteiger charge is 2.04.